The first-order valence-electron chi connectivity index (χ1n) is 9.11. The lowest BCUT2D eigenvalue weighted by atomic mass is 9.60. The summed E-state index contributed by atoms with van der Waals surface area (Å²) < 4.78 is 1.12. The molecular weight excluding hydrogens is 372 g/mol. The molecule has 126 valence electrons. The fourth-order valence-corrected chi connectivity index (χ4v) is 5.33. The lowest BCUT2D eigenvalue weighted by Gasteiger charge is -2.49. The number of halogens is 1. The summed E-state index contributed by atoms with van der Waals surface area (Å²) in [6.45, 7) is 2.08. The number of nitrogens with one attached hydrogen (secondary N) is 1. The van der Waals surface area contributed by atoms with E-state index in [1.165, 1.54) is 30.0 Å². The molecule has 2 aromatic carbocycles. The van der Waals surface area contributed by atoms with Gasteiger partial charge in [0.1, 0.15) is 5.82 Å². The van der Waals surface area contributed by atoms with Gasteiger partial charge in [-0.05, 0) is 66.7 Å². The normalized spacial score (nSPS) is 24.3. The Morgan fingerprint density at radius 1 is 1.12 bits per heavy atom. The number of anilines is 1. The second kappa shape index (κ2) is 5.84. The first kappa shape index (κ1) is 15.4. The largest absolute Gasteiger partial charge is 0.366 e. The summed E-state index contributed by atoms with van der Waals surface area (Å²) in [5.41, 5.74) is 4.21. The van der Waals surface area contributed by atoms with Crippen LogP contribution in [0.5, 0.6) is 0 Å². The minimum Gasteiger partial charge on any atom is -0.366 e. The Bertz CT molecular complexity index is 965. The first-order valence-corrected chi connectivity index (χ1v) is 9.90. The van der Waals surface area contributed by atoms with E-state index >= 15 is 0 Å². The maximum Gasteiger partial charge on any atom is 0.135 e. The van der Waals surface area contributed by atoms with E-state index in [4.69, 9.17) is 4.98 Å². The van der Waals surface area contributed by atoms with E-state index in [1.807, 2.05) is 0 Å². The highest BCUT2D eigenvalue weighted by molar-refractivity contribution is 9.10. The predicted molar refractivity (Wildman–Crippen MR) is 107 cm³/mol. The predicted octanol–water partition coefficient (Wildman–Crippen LogP) is 5.84. The highest BCUT2D eigenvalue weighted by Gasteiger charge is 2.44. The number of hydrogen-bond acceptors (Lipinski definition) is 2. The van der Waals surface area contributed by atoms with Crippen LogP contribution in [-0.4, -0.2) is 11.0 Å². The van der Waals surface area contributed by atoms with E-state index in [9.17, 15) is 0 Å². The fourth-order valence-electron chi connectivity index (χ4n) is 4.76. The summed E-state index contributed by atoms with van der Waals surface area (Å²) in [5, 5.41) is 6.24. The van der Waals surface area contributed by atoms with E-state index in [1.54, 1.807) is 11.1 Å². The molecule has 1 heterocycles. The topological polar surface area (TPSA) is 24.9 Å². The van der Waals surface area contributed by atoms with Crippen molar-refractivity contribution in [3.8, 4) is 0 Å². The lowest BCUT2D eigenvalue weighted by molar-refractivity contribution is 0.194. The lowest BCUT2D eigenvalue weighted by Crippen LogP contribution is -2.47. The number of pyridine rings is 1. The SMILES string of the molecule is Cc1cc2cccc(Br)c2c(NC2CC3c4ccccc4CCC23)n1. The number of aromatic nitrogens is 1. The number of nitrogens with zero attached hydrogens (tertiary/aromatic N) is 1. The zero-order valence-corrected chi connectivity index (χ0v) is 15.9. The Morgan fingerprint density at radius 2 is 2.00 bits per heavy atom. The molecular formula is C22H21BrN2. The fraction of sp³-hybridized carbons (Fsp3) is 0.318. The standard InChI is InChI=1S/C22H21BrN2/c1-13-11-15-6-4-8-19(23)21(15)22(24-13)25-20-12-18-16-7-3-2-5-14(16)9-10-17(18)20/h2-8,11,17-18,20H,9-10,12H2,1H3,(H,24,25). The van der Waals surface area contributed by atoms with Crippen LogP contribution in [-0.2, 0) is 6.42 Å². The van der Waals surface area contributed by atoms with Gasteiger partial charge in [-0.3, -0.25) is 0 Å². The maximum absolute atomic E-state index is 4.82. The molecule has 0 aliphatic heterocycles. The summed E-state index contributed by atoms with van der Waals surface area (Å²) in [6, 6.07) is 18.0. The van der Waals surface area contributed by atoms with Gasteiger partial charge in [-0.2, -0.15) is 0 Å². The van der Waals surface area contributed by atoms with Crippen LogP contribution in [0.2, 0.25) is 0 Å². The molecule has 0 spiro atoms. The highest BCUT2D eigenvalue weighted by atomic mass is 79.9. The van der Waals surface area contributed by atoms with Crippen molar-refractivity contribution in [3.05, 3.63) is 69.8 Å². The van der Waals surface area contributed by atoms with Crippen LogP contribution in [0.1, 0.15) is 35.6 Å². The van der Waals surface area contributed by atoms with Crippen molar-refractivity contribution in [2.75, 3.05) is 5.32 Å². The molecule has 1 saturated carbocycles. The number of benzene rings is 2. The third-order valence-corrected chi connectivity index (χ3v) is 6.66. The molecule has 3 heteroatoms. The molecule has 3 atom stereocenters. The quantitative estimate of drug-likeness (QED) is 0.592. The molecule has 2 nitrogen and oxygen atoms in total. The maximum atomic E-state index is 4.82. The monoisotopic (exact) mass is 392 g/mol. The van der Waals surface area contributed by atoms with Crippen LogP contribution < -0.4 is 5.32 Å². The Labute approximate surface area is 156 Å². The van der Waals surface area contributed by atoms with Crippen molar-refractivity contribution in [3.63, 3.8) is 0 Å². The van der Waals surface area contributed by atoms with Gasteiger partial charge in [-0.25, -0.2) is 4.98 Å². The molecule has 1 fully saturated rings. The Morgan fingerprint density at radius 3 is 2.92 bits per heavy atom. The summed E-state index contributed by atoms with van der Waals surface area (Å²) in [4.78, 5) is 4.82. The van der Waals surface area contributed by atoms with Gasteiger partial charge < -0.3 is 5.32 Å². The second-order valence-corrected chi connectivity index (χ2v) is 8.30. The van der Waals surface area contributed by atoms with Gasteiger partial charge in [0.25, 0.3) is 0 Å². The second-order valence-electron chi connectivity index (χ2n) is 7.44. The van der Waals surface area contributed by atoms with Crippen molar-refractivity contribution in [2.45, 2.75) is 38.1 Å². The van der Waals surface area contributed by atoms with E-state index < -0.39 is 0 Å². The minimum absolute atomic E-state index is 0.531. The van der Waals surface area contributed by atoms with Gasteiger partial charge in [0.15, 0.2) is 0 Å². The number of fused-ring (bicyclic) bond motifs is 4. The summed E-state index contributed by atoms with van der Waals surface area (Å²) >= 11 is 3.71. The van der Waals surface area contributed by atoms with Crippen LogP contribution in [0.25, 0.3) is 10.8 Å². The van der Waals surface area contributed by atoms with Crippen molar-refractivity contribution < 1.29 is 0 Å². The van der Waals surface area contributed by atoms with E-state index in [-0.39, 0.29) is 0 Å². The van der Waals surface area contributed by atoms with E-state index in [0.717, 1.165) is 27.8 Å². The van der Waals surface area contributed by atoms with Gasteiger partial charge in [0.05, 0.1) is 0 Å². The average molecular weight is 393 g/mol. The highest BCUT2D eigenvalue weighted by Crippen LogP contribution is 2.50. The van der Waals surface area contributed by atoms with Gasteiger partial charge in [0.2, 0.25) is 0 Å². The number of rotatable bonds is 2. The molecule has 0 bridgehead atoms. The van der Waals surface area contributed by atoms with Crippen molar-refractivity contribution in [1.82, 2.24) is 4.98 Å². The molecule has 2 aliphatic carbocycles. The van der Waals surface area contributed by atoms with Gasteiger partial charge in [0, 0.05) is 21.6 Å². The molecule has 25 heavy (non-hydrogen) atoms. The average Bonchev–Trinajstić information content (AvgIpc) is 2.58. The Balaban J connectivity index is 1.46. The summed E-state index contributed by atoms with van der Waals surface area (Å²) in [6.07, 6.45) is 3.70. The van der Waals surface area contributed by atoms with Crippen molar-refractivity contribution >= 4 is 32.5 Å². The molecule has 1 N–H and O–H groups in total. The number of hydrogen-bond donors (Lipinski definition) is 1. The molecule has 0 saturated heterocycles. The van der Waals surface area contributed by atoms with E-state index in [0.29, 0.717) is 6.04 Å². The summed E-state index contributed by atoms with van der Waals surface area (Å²) in [7, 11) is 0. The molecule has 1 aromatic heterocycles. The zero-order valence-electron chi connectivity index (χ0n) is 14.3. The van der Waals surface area contributed by atoms with Crippen molar-refractivity contribution in [2.24, 2.45) is 5.92 Å². The van der Waals surface area contributed by atoms with E-state index in [2.05, 4.69) is 76.7 Å². The van der Waals surface area contributed by atoms with Crippen LogP contribution in [0.3, 0.4) is 0 Å². The van der Waals surface area contributed by atoms with Gasteiger partial charge >= 0.3 is 0 Å². The third kappa shape index (κ3) is 2.48. The van der Waals surface area contributed by atoms with Crippen LogP contribution in [0.4, 0.5) is 5.82 Å². The Kier molecular flexibility index (Phi) is 3.60. The number of aryl methyl sites for hydroxylation is 2. The third-order valence-electron chi connectivity index (χ3n) is 6.00. The molecule has 0 radical (unpaired) electrons. The molecule has 3 unspecified atom stereocenters. The Hall–Kier alpha value is -1.87. The molecule has 0 amide bonds. The zero-order chi connectivity index (χ0) is 17.0. The molecule has 2 aliphatic rings. The minimum atomic E-state index is 0.531. The van der Waals surface area contributed by atoms with Gasteiger partial charge in [-0.1, -0.05) is 52.3 Å². The van der Waals surface area contributed by atoms with Gasteiger partial charge in [-0.15, -0.1) is 0 Å². The summed E-state index contributed by atoms with van der Waals surface area (Å²) in [5.74, 6) is 2.49. The van der Waals surface area contributed by atoms with Crippen LogP contribution in [0, 0.1) is 12.8 Å². The van der Waals surface area contributed by atoms with Crippen LogP contribution in [0.15, 0.2) is 53.0 Å². The first-order chi connectivity index (χ1) is 12.2. The smallest absolute Gasteiger partial charge is 0.135 e. The molecule has 5 rings (SSSR count). The van der Waals surface area contributed by atoms with Crippen LogP contribution >= 0.6 is 15.9 Å². The van der Waals surface area contributed by atoms with Crippen molar-refractivity contribution in [1.29, 1.82) is 0 Å². The molecule has 3 aromatic rings.